The third-order valence-electron chi connectivity index (χ3n) is 5.64. The molecule has 2 aromatic carbocycles. The highest BCUT2D eigenvalue weighted by Crippen LogP contribution is 2.31. The number of hydrogen-bond donors (Lipinski definition) is 0. The van der Waals surface area contributed by atoms with Crippen LogP contribution in [0.2, 0.25) is 0 Å². The topological polar surface area (TPSA) is 58.4 Å². The van der Waals surface area contributed by atoms with Crippen LogP contribution >= 0.6 is 0 Å². The Bertz CT molecular complexity index is 1200. The molecule has 3 aromatic rings. The van der Waals surface area contributed by atoms with Gasteiger partial charge in [0.1, 0.15) is 5.69 Å². The van der Waals surface area contributed by atoms with Gasteiger partial charge in [0.05, 0.1) is 12.1 Å². The summed E-state index contributed by atoms with van der Waals surface area (Å²) in [5.41, 5.74) is 1.64. The van der Waals surface area contributed by atoms with E-state index in [1.54, 1.807) is 11.0 Å². The number of aryl methyl sites for hydroxylation is 1. The summed E-state index contributed by atoms with van der Waals surface area (Å²) in [7, 11) is 0. The van der Waals surface area contributed by atoms with E-state index in [0.717, 1.165) is 23.3 Å². The standard InChI is InChI=1S/C24H23F3N4O2/c1-17-5-7-18(8-6-17)16-31-22(32)10-9-21(28-31)23(33)30-13-11-29(12-14-30)20-4-2-3-19(15-20)24(25,26)27/h2-10,15H,11-14,16H2,1H3. The summed E-state index contributed by atoms with van der Waals surface area (Å²) in [6.07, 6.45) is -4.40. The Hall–Kier alpha value is -3.62. The van der Waals surface area contributed by atoms with Crippen molar-refractivity contribution in [3.63, 3.8) is 0 Å². The Morgan fingerprint density at radius 1 is 0.970 bits per heavy atom. The molecular formula is C24H23F3N4O2. The minimum Gasteiger partial charge on any atom is -0.368 e. The van der Waals surface area contributed by atoms with E-state index in [-0.39, 0.29) is 23.7 Å². The molecule has 0 saturated carbocycles. The monoisotopic (exact) mass is 456 g/mol. The number of amides is 1. The molecule has 9 heteroatoms. The first kappa shape index (κ1) is 22.6. The second-order valence-corrected chi connectivity index (χ2v) is 8.03. The van der Waals surface area contributed by atoms with Crippen LogP contribution in [0.25, 0.3) is 0 Å². The molecule has 0 spiro atoms. The van der Waals surface area contributed by atoms with Gasteiger partial charge < -0.3 is 9.80 Å². The summed E-state index contributed by atoms with van der Waals surface area (Å²) < 4.78 is 40.3. The van der Waals surface area contributed by atoms with Crippen molar-refractivity contribution in [3.05, 3.63) is 93.4 Å². The van der Waals surface area contributed by atoms with Gasteiger partial charge in [-0.2, -0.15) is 18.3 Å². The van der Waals surface area contributed by atoms with Crippen molar-refractivity contribution in [2.24, 2.45) is 0 Å². The van der Waals surface area contributed by atoms with E-state index in [0.29, 0.717) is 31.9 Å². The third kappa shape index (κ3) is 5.24. The van der Waals surface area contributed by atoms with Crippen LogP contribution in [-0.2, 0) is 12.7 Å². The predicted octanol–water partition coefficient (Wildman–Crippen LogP) is 3.58. The summed E-state index contributed by atoms with van der Waals surface area (Å²) in [4.78, 5) is 28.6. The maximum absolute atomic E-state index is 13.0. The lowest BCUT2D eigenvalue weighted by molar-refractivity contribution is -0.137. The molecular weight excluding hydrogens is 433 g/mol. The number of anilines is 1. The fourth-order valence-corrected chi connectivity index (χ4v) is 3.75. The molecule has 0 radical (unpaired) electrons. The number of rotatable bonds is 4. The highest BCUT2D eigenvalue weighted by atomic mass is 19.4. The fourth-order valence-electron chi connectivity index (χ4n) is 3.75. The summed E-state index contributed by atoms with van der Waals surface area (Å²) in [5.74, 6) is -0.309. The van der Waals surface area contributed by atoms with Gasteiger partial charge in [-0.1, -0.05) is 35.9 Å². The van der Waals surface area contributed by atoms with Crippen LogP contribution in [-0.4, -0.2) is 46.8 Å². The van der Waals surface area contributed by atoms with Crippen molar-refractivity contribution in [1.82, 2.24) is 14.7 Å². The summed E-state index contributed by atoms with van der Waals surface area (Å²) in [6, 6.07) is 15.6. The molecule has 1 saturated heterocycles. The van der Waals surface area contributed by atoms with Crippen LogP contribution in [0.1, 0.15) is 27.2 Å². The molecule has 33 heavy (non-hydrogen) atoms. The van der Waals surface area contributed by atoms with Gasteiger partial charge in [-0.25, -0.2) is 4.68 Å². The van der Waals surface area contributed by atoms with Gasteiger partial charge in [-0.15, -0.1) is 0 Å². The fraction of sp³-hybridized carbons (Fsp3) is 0.292. The van der Waals surface area contributed by atoms with E-state index in [1.807, 2.05) is 36.1 Å². The highest BCUT2D eigenvalue weighted by molar-refractivity contribution is 5.92. The van der Waals surface area contributed by atoms with Gasteiger partial charge in [0.25, 0.3) is 11.5 Å². The number of piperazine rings is 1. The lowest BCUT2D eigenvalue weighted by Gasteiger charge is -2.36. The first-order valence-electron chi connectivity index (χ1n) is 10.6. The average Bonchev–Trinajstić information content (AvgIpc) is 2.81. The van der Waals surface area contributed by atoms with E-state index in [2.05, 4.69) is 5.10 Å². The van der Waals surface area contributed by atoms with Crippen molar-refractivity contribution >= 4 is 11.6 Å². The molecule has 0 atom stereocenters. The Morgan fingerprint density at radius 2 is 1.67 bits per heavy atom. The molecule has 1 aliphatic heterocycles. The predicted molar refractivity (Wildman–Crippen MR) is 118 cm³/mol. The summed E-state index contributed by atoms with van der Waals surface area (Å²) >= 11 is 0. The van der Waals surface area contributed by atoms with Crippen LogP contribution < -0.4 is 10.5 Å². The number of carbonyl (C=O) groups excluding carboxylic acids is 1. The quantitative estimate of drug-likeness (QED) is 0.602. The largest absolute Gasteiger partial charge is 0.416 e. The third-order valence-corrected chi connectivity index (χ3v) is 5.64. The number of nitrogens with zero attached hydrogens (tertiary/aromatic N) is 4. The summed E-state index contributed by atoms with van der Waals surface area (Å²) in [5, 5.41) is 4.26. The molecule has 0 unspecified atom stereocenters. The molecule has 0 N–H and O–H groups in total. The first-order valence-corrected chi connectivity index (χ1v) is 10.6. The molecule has 0 bridgehead atoms. The zero-order chi connectivity index (χ0) is 23.6. The van der Waals surface area contributed by atoms with Gasteiger partial charge in [0.15, 0.2) is 0 Å². The normalized spacial score (nSPS) is 14.4. The van der Waals surface area contributed by atoms with Crippen LogP contribution in [0.4, 0.5) is 18.9 Å². The Balaban J connectivity index is 1.44. The molecule has 0 aliphatic carbocycles. The molecule has 1 amide bonds. The number of halogens is 3. The first-order chi connectivity index (χ1) is 15.7. The Morgan fingerprint density at radius 3 is 2.33 bits per heavy atom. The summed E-state index contributed by atoms with van der Waals surface area (Å²) in [6.45, 7) is 3.71. The Kier molecular flexibility index (Phi) is 6.22. The molecule has 1 aromatic heterocycles. The van der Waals surface area contributed by atoms with Gasteiger partial charge in [0.2, 0.25) is 0 Å². The van der Waals surface area contributed by atoms with Crippen molar-refractivity contribution < 1.29 is 18.0 Å². The number of aromatic nitrogens is 2. The van der Waals surface area contributed by atoms with E-state index < -0.39 is 11.7 Å². The molecule has 6 nitrogen and oxygen atoms in total. The van der Waals surface area contributed by atoms with Gasteiger partial charge in [-0.05, 0) is 36.8 Å². The van der Waals surface area contributed by atoms with Crippen molar-refractivity contribution in [1.29, 1.82) is 0 Å². The molecule has 1 fully saturated rings. The minimum absolute atomic E-state index is 0.161. The second kappa shape index (κ2) is 9.09. The van der Waals surface area contributed by atoms with Crippen LogP contribution in [0.3, 0.4) is 0 Å². The molecule has 2 heterocycles. The molecule has 172 valence electrons. The van der Waals surface area contributed by atoms with Gasteiger partial charge in [-0.3, -0.25) is 9.59 Å². The second-order valence-electron chi connectivity index (χ2n) is 8.03. The molecule has 4 rings (SSSR count). The number of benzene rings is 2. The van der Waals surface area contributed by atoms with Crippen molar-refractivity contribution in [2.45, 2.75) is 19.6 Å². The van der Waals surface area contributed by atoms with Crippen LogP contribution in [0, 0.1) is 6.92 Å². The van der Waals surface area contributed by atoms with Crippen LogP contribution in [0.5, 0.6) is 0 Å². The highest BCUT2D eigenvalue weighted by Gasteiger charge is 2.31. The number of carbonyl (C=O) groups is 1. The van der Waals surface area contributed by atoms with Crippen molar-refractivity contribution in [2.75, 3.05) is 31.1 Å². The van der Waals surface area contributed by atoms with E-state index in [9.17, 15) is 22.8 Å². The smallest absolute Gasteiger partial charge is 0.368 e. The Labute approximate surface area is 188 Å². The van der Waals surface area contributed by atoms with E-state index in [1.165, 1.54) is 22.9 Å². The van der Waals surface area contributed by atoms with Crippen molar-refractivity contribution in [3.8, 4) is 0 Å². The zero-order valence-electron chi connectivity index (χ0n) is 18.0. The number of alkyl halides is 3. The zero-order valence-corrected chi connectivity index (χ0v) is 18.0. The van der Waals surface area contributed by atoms with E-state index in [4.69, 9.17) is 0 Å². The maximum Gasteiger partial charge on any atom is 0.416 e. The average molecular weight is 456 g/mol. The maximum atomic E-state index is 13.0. The van der Waals surface area contributed by atoms with Gasteiger partial charge >= 0.3 is 6.18 Å². The molecule has 1 aliphatic rings. The number of hydrogen-bond acceptors (Lipinski definition) is 4. The lowest BCUT2D eigenvalue weighted by Crippen LogP contribution is -2.49. The van der Waals surface area contributed by atoms with Gasteiger partial charge in [0, 0.05) is 37.9 Å². The lowest BCUT2D eigenvalue weighted by atomic mass is 10.1. The van der Waals surface area contributed by atoms with E-state index >= 15 is 0 Å². The minimum atomic E-state index is -4.40. The van der Waals surface area contributed by atoms with Crippen LogP contribution in [0.15, 0.2) is 65.5 Å². The SMILES string of the molecule is Cc1ccc(Cn2nc(C(=O)N3CCN(c4cccc(C(F)(F)F)c4)CC3)ccc2=O)cc1.